The van der Waals surface area contributed by atoms with Crippen LogP contribution in [0.25, 0.3) is 22.5 Å². The summed E-state index contributed by atoms with van der Waals surface area (Å²) in [6.45, 7) is 2.17. The Morgan fingerprint density at radius 3 is 2.21 bits per heavy atom. The molecular weight excluding hydrogens is 651 g/mol. The molecule has 0 saturated heterocycles. The van der Waals surface area contributed by atoms with Gasteiger partial charge in [-0.1, -0.05) is 24.3 Å². The van der Waals surface area contributed by atoms with Gasteiger partial charge >= 0.3 is 0 Å². The number of anilines is 1. The van der Waals surface area contributed by atoms with E-state index < -0.39 is 11.9 Å². The van der Waals surface area contributed by atoms with E-state index in [1.807, 2.05) is 50.5 Å². The molecule has 0 spiro atoms. The second kappa shape index (κ2) is 17.5. The lowest BCUT2D eigenvalue weighted by Gasteiger charge is -2.32. The summed E-state index contributed by atoms with van der Waals surface area (Å²) in [7, 11) is 4.07. The van der Waals surface area contributed by atoms with Crippen LogP contribution in [0.5, 0.6) is 5.88 Å². The highest BCUT2D eigenvalue weighted by Gasteiger charge is 2.35. The number of nitrogens with zero attached hydrogens (tertiary/aromatic N) is 5. The number of hydrogen-bond acceptors (Lipinski definition) is 9. The van der Waals surface area contributed by atoms with Crippen LogP contribution in [-0.4, -0.2) is 76.7 Å². The molecule has 2 aromatic heterocycles. The number of ether oxygens (including phenoxy) is 1. The van der Waals surface area contributed by atoms with Crippen LogP contribution in [0, 0.1) is 11.8 Å². The number of nitrogens with one attached hydrogen (secondary N) is 1. The van der Waals surface area contributed by atoms with Crippen molar-refractivity contribution < 1.29 is 14.3 Å². The number of carbonyl (C=O) groups is 2. The summed E-state index contributed by atoms with van der Waals surface area (Å²) in [4.78, 5) is 38.6. The van der Waals surface area contributed by atoms with Crippen molar-refractivity contribution in [2.45, 2.75) is 44.6 Å². The molecule has 1 aliphatic carbocycles. The number of aromatic nitrogens is 4. The molecule has 0 aliphatic heterocycles. The molecular formula is C35H44Cl2N8O3. The Balaban J connectivity index is 0.00000520. The summed E-state index contributed by atoms with van der Waals surface area (Å²) < 4.78 is 5.75. The number of carbonyl (C=O) groups excluding carboxylic acids is 2. The molecule has 2 aromatic carbocycles. The molecule has 11 nitrogen and oxygen atoms in total. The smallest absolute Gasteiger partial charge is 0.251 e. The molecule has 0 bridgehead atoms. The van der Waals surface area contributed by atoms with Crippen molar-refractivity contribution in [1.82, 2.24) is 25.1 Å². The van der Waals surface area contributed by atoms with E-state index in [1.54, 1.807) is 30.5 Å². The molecule has 0 radical (unpaired) electrons. The van der Waals surface area contributed by atoms with Crippen molar-refractivity contribution in [2.24, 2.45) is 23.3 Å². The lowest BCUT2D eigenvalue weighted by Crippen LogP contribution is -2.50. The number of H-pyrrole nitrogens is 1. The predicted molar refractivity (Wildman–Crippen MR) is 191 cm³/mol. The standard InChI is InChI=1S/C35H43ClN8O3.ClH/c1-43(2)18-3-19-47-31-17-14-28(22-39-31)25-8-4-23(5-9-25)20-30(38)34(46)44(33(45)27-10-6-24(21-37)7-11-27)29-15-12-26(13-16-29)32-40-35(36)42-41-32;/h4-5,8-9,12-17,22,24,27,30H,3,6-7,10-11,18-21,37-38H2,1-2H3,(H,40,41,42);1H/t24-,27-,30-;/m0./s1. The molecule has 1 atom stereocenters. The zero-order valence-electron chi connectivity index (χ0n) is 27.3. The van der Waals surface area contributed by atoms with Gasteiger partial charge < -0.3 is 26.1 Å². The Morgan fingerprint density at radius 2 is 1.62 bits per heavy atom. The van der Waals surface area contributed by atoms with Gasteiger partial charge in [-0.3, -0.25) is 9.59 Å². The molecule has 2 amide bonds. The largest absolute Gasteiger partial charge is 0.478 e. The maximum atomic E-state index is 14.0. The summed E-state index contributed by atoms with van der Waals surface area (Å²) in [5, 5.41) is 7.98. The van der Waals surface area contributed by atoms with E-state index in [2.05, 4.69) is 25.1 Å². The molecule has 4 aromatic rings. The van der Waals surface area contributed by atoms with E-state index in [-0.39, 0.29) is 35.9 Å². The maximum Gasteiger partial charge on any atom is 0.251 e. The first kappa shape index (κ1) is 37.0. The number of halogens is 2. The quantitative estimate of drug-likeness (QED) is 0.161. The third-order valence-electron chi connectivity index (χ3n) is 8.62. The van der Waals surface area contributed by atoms with Gasteiger partial charge in [-0.25, -0.2) is 9.88 Å². The summed E-state index contributed by atoms with van der Waals surface area (Å²) in [6.07, 6.45) is 6.09. The number of imide groups is 1. The van der Waals surface area contributed by atoms with Gasteiger partial charge in [0.05, 0.1) is 18.3 Å². The monoisotopic (exact) mass is 694 g/mol. The highest BCUT2D eigenvalue weighted by molar-refractivity contribution is 6.28. The first-order valence-corrected chi connectivity index (χ1v) is 16.4. The average Bonchev–Trinajstić information content (AvgIpc) is 3.53. The molecule has 1 aliphatic rings. The zero-order chi connectivity index (χ0) is 33.3. The average molecular weight is 696 g/mol. The van der Waals surface area contributed by atoms with Crippen molar-refractivity contribution >= 4 is 41.5 Å². The van der Waals surface area contributed by atoms with Crippen molar-refractivity contribution in [3.63, 3.8) is 0 Å². The van der Waals surface area contributed by atoms with Gasteiger partial charge in [0, 0.05) is 35.9 Å². The molecule has 5 rings (SSSR count). The molecule has 1 saturated carbocycles. The Bertz CT molecular complexity index is 1610. The zero-order valence-corrected chi connectivity index (χ0v) is 28.9. The van der Waals surface area contributed by atoms with Gasteiger partial charge in [0.2, 0.25) is 17.1 Å². The SMILES string of the molecule is CN(C)CCCOc1ccc(-c2ccc(C[C@H](N)C(=O)N(c3ccc(-c4nnc(Cl)[nH]4)cc3)C(=O)[C@H]3CC[C@H](CN)CC3)cc2)cn1.Cl. The maximum absolute atomic E-state index is 14.0. The summed E-state index contributed by atoms with van der Waals surface area (Å²) >= 11 is 5.90. The number of nitrogens with two attached hydrogens (primary N) is 2. The molecule has 2 heterocycles. The minimum atomic E-state index is -0.927. The van der Waals surface area contributed by atoms with Crippen LogP contribution >= 0.6 is 24.0 Å². The van der Waals surface area contributed by atoms with Gasteiger partial charge in [-0.05, 0) is 118 Å². The third-order valence-corrected chi connectivity index (χ3v) is 8.79. The number of benzene rings is 2. The summed E-state index contributed by atoms with van der Waals surface area (Å²) in [5.41, 5.74) is 16.4. The van der Waals surface area contributed by atoms with Crippen molar-refractivity contribution in [2.75, 3.05) is 38.7 Å². The highest BCUT2D eigenvalue weighted by Crippen LogP contribution is 2.32. The molecule has 48 heavy (non-hydrogen) atoms. The van der Waals surface area contributed by atoms with E-state index in [0.29, 0.717) is 49.3 Å². The second-order valence-corrected chi connectivity index (χ2v) is 12.7. The molecule has 256 valence electrons. The highest BCUT2D eigenvalue weighted by atomic mass is 35.5. The fourth-order valence-corrected chi connectivity index (χ4v) is 5.99. The van der Waals surface area contributed by atoms with Crippen molar-refractivity contribution in [3.8, 4) is 28.4 Å². The van der Waals surface area contributed by atoms with Gasteiger partial charge in [-0.15, -0.1) is 22.6 Å². The number of rotatable bonds is 13. The summed E-state index contributed by atoms with van der Waals surface area (Å²) in [5.74, 6) is 0.537. The van der Waals surface area contributed by atoms with Crippen LogP contribution in [0.3, 0.4) is 0 Å². The topological polar surface area (TPSA) is 156 Å². The Kier molecular flexibility index (Phi) is 13.5. The summed E-state index contributed by atoms with van der Waals surface area (Å²) in [6, 6.07) is 17.8. The first-order chi connectivity index (χ1) is 22.7. The van der Waals surface area contributed by atoms with Crippen LogP contribution in [-0.2, 0) is 16.0 Å². The van der Waals surface area contributed by atoms with Gasteiger partial charge in [-0.2, -0.15) is 0 Å². The lowest BCUT2D eigenvalue weighted by atomic mass is 9.81. The molecule has 5 N–H and O–H groups in total. The lowest BCUT2D eigenvalue weighted by molar-refractivity contribution is -0.130. The van der Waals surface area contributed by atoms with Gasteiger partial charge in [0.25, 0.3) is 5.91 Å². The van der Waals surface area contributed by atoms with Crippen molar-refractivity contribution in [1.29, 1.82) is 0 Å². The van der Waals surface area contributed by atoms with E-state index >= 15 is 0 Å². The number of pyridine rings is 1. The van der Waals surface area contributed by atoms with E-state index in [0.717, 1.165) is 48.1 Å². The van der Waals surface area contributed by atoms with Crippen LogP contribution < -0.4 is 21.1 Å². The van der Waals surface area contributed by atoms with Crippen LogP contribution in [0.4, 0.5) is 5.69 Å². The Labute approximate surface area is 292 Å². The Hall–Kier alpha value is -3.87. The predicted octanol–water partition coefficient (Wildman–Crippen LogP) is 5.13. The number of aromatic amines is 1. The minimum absolute atomic E-state index is 0. The normalized spacial score (nSPS) is 16.6. The fraction of sp³-hybridized carbons (Fsp3) is 0.400. The van der Waals surface area contributed by atoms with Crippen LogP contribution in [0.1, 0.15) is 37.7 Å². The second-order valence-electron chi connectivity index (χ2n) is 12.4. The minimum Gasteiger partial charge on any atom is -0.478 e. The molecule has 0 unspecified atom stereocenters. The first-order valence-electron chi connectivity index (χ1n) is 16.1. The number of amides is 2. The van der Waals surface area contributed by atoms with Gasteiger partial charge in [0.1, 0.15) is 0 Å². The van der Waals surface area contributed by atoms with Crippen LogP contribution in [0.2, 0.25) is 5.28 Å². The third kappa shape index (κ3) is 9.61. The molecule has 1 fully saturated rings. The fourth-order valence-electron chi connectivity index (χ4n) is 5.86. The van der Waals surface area contributed by atoms with Gasteiger partial charge in [0.15, 0.2) is 5.82 Å². The van der Waals surface area contributed by atoms with E-state index in [1.165, 1.54) is 4.90 Å². The van der Waals surface area contributed by atoms with Crippen molar-refractivity contribution in [3.05, 3.63) is 77.7 Å². The number of hydrogen-bond donors (Lipinski definition) is 3. The van der Waals surface area contributed by atoms with E-state index in [9.17, 15) is 9.59 Å². The van der Waals surface area contributed by atoms with E-state index in [4.69, 9.17) is 27.8 Å². The van der Waals surface area contributed by atoms with Crippen LogP contribution in [0.15, 0.2) is 66.9 Å². The molecule has 13 heteroatoms. The Morgan fingerprint density at radius 1 is 0.958 bits per heavy atom.